The number of carbonyl (C=O) groups excluding carboxylic acids is 1. The molecular formula is C19H25N3O4S. The summed E-state index contributed by atoms with van der Waals surface area (Å²) in [5.74, 6) is 0.363. The maximum absolute atomic E-state index is 12.5. The van der Waals surface area contributed by atoms with E-state index in [9.17, 15) is 13.2 Å². The van der Waals surface area contributed by atoms with Crippen molar-refractivity contribution in [3.8, 4) is 0 Å². The van der Waals surface area contributed by atoms with Gasteiger partial charge in [-0.1, -0.05) is 48.8 Å². The molecule has 1 saturated heterocycles. The third-order valence-corrected chi connectivity index (χ3v) is 6.24. The molecule has 0 atom stereocenters. The first kappa shape index (κ1) is 19.5. The third-order valence-electron chi connectivity index (χ3n) is 4.83. The van der Waals surface area contributed by atoms with Crippen LogP contribution in [0.1, 0.15) is 56.4 Å². The number of rotatable bonds is 7. The zero-order valence-corrected chi connectivity index (χ0v) is 16.3. The van der Waals surface area contributed by atoms with Crippen LogP contribution in [-0.2, 0) is 20.4 Å². The fourth-order valence-electron chi connectivity index (χ4n) is 3.23. The van der Waals surface area contributed by atoms with E-state index in [1.165, 1.54) is 0 Å². The number of carbonyl (C=O) groups is 1. The molecule has 1 fully saturated rings. The molecule has 3 rings (SSSR count). The SMILES string of the molecule is CCCCC(=O)N1CCC(c2nnc(S(=O)(=O)Cc3ccccc3)o2)CC1. The number of amides is 1. The average molecular weight is 391 g/mol. The largest absolute Gasteiger partial charge is 0.412 e. The average Bonchev–Trinajstić information content (AvgIpc) is 3.18. The summed E-state index contributed by atoms with van der Waals surface area (Å²) in [7, 11) is -3.67. The molecule has 146 valence electrons. The van der Waals surface area contributed by atoms with Crippen LogP contribution in [0.3, 0.4) is 0 Å². The topological polar surface area (TPSA) is 93.4 Å². The lowest BCUT2D eigenvalue weighted by Gasteiger charge is -2.30. The van der Waals surface area contributed by atoms with Crippen LogP contribution in [0.25, 0.3) is 0 Å². The molecule has 1 aromatic heterocycles. The fraction of sp³-hybridized carbons (Fsp3) is 0.526. The second-order valence-corrected chi connectivity index (χ2v) is 8.78. The van der Waals surface area contributed by atoms with Crippen molar-refractivity contribution in [2.75, 3.05) is 13.1 Å². The Bertz CT molecular complexity index is 856. The molecule has 0 aliphatic carbocycles. The van der Waals surface area contributed by atoms with Crippen LogP contribution in [-0.4, -0.2) is 42.5 Å². The van der Waals surface area contributed by atoms with Gasteiger partial charge in [0.15, 0.2) is 0 Å². The first-order valence-electron chi connectivity index (χ1n) is 9.37. The lowest BCUT2D eigenvalue weighted by atomic mass is 9.96. The van der Waals surface area contributed by atoms with Gasteiger partial charge in [0.05, 0.1) is 5.75 Å². The molecule has 0 spiro atoms. The van der Waals surface area contributed by atoms with Crippen molar-refractivity contribution < 1.29 is 17.6 Å². The molecule has 0 radical (unpaired) electrons. The fourth-order valence-corrected chi connectivity index (χ4v) is 4.36. The minimum absolute atomic E-state index is 0.00611. The van der Waals surface area contributed by atoms with E-state index in [0.29, 0.717) is 43.8 Å². The summed E-state index contributed by atoms with van der Waals surface area (Å²) in [6.07, 6.45) is 3.91. The Kier molecular flexibility index (Phi) is 6.26. The summed E-state index contributed by atoms with van der Waals surface area (Å²) in [5, 5.41) is 7.41. The maximum Gasteiger partial charge on any atom is 0.335 e. The van der Waals surface area contributed by atoms with Crippen LogP contribution < -0.4 is 0 Å². The summed E-state index contributed by atoms with van der Waals surface area (Å²) in [5.41, 5.74) is 0.677. The van der Waals surface area contributed by atoms with Crippen molar-refractivity contribution in [2.45, 2.75) is 55.9 Å². The zero-order valence-electron chi connectivity index (χ0n) is 15.5. The second kappa shape index (κ2) is 8.65. The molecule has 2 heterocycles. The second-order valence-electron chi connectivity index (χ2n) is 6.91. The van der Waals surface area contributed by atoms with Crippen molar-refractivity contribution in [3.63, 3.8) is 0 Å². The third kappa shape index (κ3) is 4.94. The van der Waals surface area contributed by atoms with Crippen LogP contribution >= 0.6 is 0 Å². The Morgan fingerprint density at radius 3 is 2.56 bits per heavy atom. The van der Waals surface area contributed by atoms with Gasteiger partial charge in [0.1, 0.15) is 0 Å². The molecule has 7 nitrogen and oxygen atoms in total. The van der Waals surface area contributed by atoms with Crippen molar-refractivity contribution in [3.05, 3.63) is 41.8 Å². The van der Waals surface area contributed by atoms with Crippen molar-refractivity contribution >= 4 is 15.7 Å². The van der Waals surface area contributed by atoms with E-state index in [-0.39, 0.29) is 22.8 Å². The summed E-state index contributed by atoms with van der Waals surface area (Å²) >= 11 is 0. The minimum Gasteiger partial charge on any atom is -0.412 e. The van der Waals surface area contributed by atoms with Crippen LogP contribution in [0.15, 0.2) is 40.0 Å². The number of hydrogen-bond acceptors (Lipinski definition) is 6. The van der Waals surface area contributed by atoms with Crippen molar-refractivity contribution in [1.29, 1.82) is 0 Å². The highest BCUT2D eigenvalue weighted by molar-refractivity contribution is 7.90. The van der Waals surface area contributed by atoms with Crippen molar-refractivity contribution in [1.82, 2.24) is 15.1 Å². The number of nitrogens with zero attached hydrogens (tertiary/aromatic N) is 3. The Morgan fingerprint density at radius 1 is 1.19 bits per heavy atom. The lowest BCUT2D eigenvalue weighted by Crippen LogP contribution is -2.37. The van der Waals surface area contributed by atoms with E-state index in [4.69, 9.17) is 4.42 Å². The highest BCUT2D eigenvalue weighted by Gasteiger charge is 2.29. The smallest absolute Gasteiger partial charge is 0.335 e. The van der Waals surface area contributed by atoms with Crippen LogP contribution in [0.5, 0.6) is 0 Å². The van der Waals surface area contributed by atoms with Gasteiger partial charge in [-0.2, -0.15) is 0 Å². The van der Waals surface area contributed by atoms with E-state index >= 15 is 0 Å². The van der Waals surface area contributed by atoms with Gasteiger partial charge < -0.3 is 9.32 Å². The van der Waals surface area contributed by atoms with Gasteiger partial charge in [-0.3, -0.25) is 4.79 Å². The van der Waals surface area contributed by atoms with Gasteiger partial charge in [-0.15, -0.1) is 5.10 Å². The number of sulfone groups is 1. The van der Waals surface area contributed by atoms with Gasteiger partial charge in [-0.05, 0) is 24.8 Å². The highest BCUT2D eigenvalue weighted by atomic mass is 32.2. The Labute approximate surface area is 159 Å². The van der Waals surface area contributed by atoms with Crippen molar-refractivity contribution in [2.24, 2.45) is 0 Å². The van der Waals surface area contributed by atoms with Gasteiger partial charge in [-0.25, -0.2) is 8.42 Å². The zero-order chi connectivity index (χ0) is 19.3. The van der Waals surface area contributed by atoms with Gasteiger partial charge in [0.2, 0.25) is 21.6 Å². The molecule has 0 N–H and O–H groups in total. The van der Waals surface area contributed by atoms with Gasteiger partial charge >= 0.3 is 5.22 Å². The molecule has 1 amide bonds. The Balaban J connectivity index is 1.60. The first-order chi connectivity index (χ1) is 13.0. The predicted molar refractivity (Wildman–Crippen MR) is 99.7 cm³/mol. The number of hydrogen-bond donors (Lipinski definition) is 0. The molecule has 1 aliphatic heterocycles. The molecule has 8 heteroatoms. The van der Waals surface area contributed by atoms with E-state index < -0.39 is 9.84 Å². The maximum atomic E-state index is 12.5. The molecule has 0 bridgehead atoms. The van der Waals surface area contributed by atoms with Gasteiger partial charge in [0, 0.05) is 25.4 Å². The minimum atomic E-state index is -3.67. The summed E-state index contributed by atoms with van der Waals surface area (Å²) < 4.78 is 30.5. The molecule has 1 aliphatic rings. The molecule has 0 saturated carbocycles. The van der Waals surface area contributed by atoms with E-state index in [2.05, 4.69) is 17.1 Å². The summed E-state index contributed by atoms with van der Waals surface area (Å²) in [6.45, 7) is 3.35. The standard InChI is InChI=1S/C19H25N3O4S/c1-2-3-9-17(23)22-12-10-16(11-13-22)18-20-21-19(26-18)27(24,25)14-15-7-5-4-6-8-15/h4-8,16H,2-3,9-14H2,1H3. The number of piperidine rings is 1. The lowest BCUT2D eigenvalue weighted by molar-refractivity contribution is -0.132. The van der Waals surface area contributed by atoms with E-state index in [1.807, 2.05) is 11.0 Å². The number of benzene rings is 1. The quantitative estimate of drug-likeness (QED) is 0.720. The Morgan fingerprint density at radius 2 is 1.89 bits per heavy atom. The molecule has 27 heavy (non-hydrogen) atoms. The van der Waals surface area contributed by atoms with Crippen LogP contribution in [0.2, 0.25) is 0 Å². The summed E-state index contributed by atoms with van der Waals surface area (Å²) in [6, 6.07) is 8.92. The predicted octanol–water partition coefficient (Wildman–Crippen LogP) is 2.94. The van der Waals surface area contributed by atoms with Crippen LogP contribution in [0.4, 0.5) is 0 Å². The normalized spacial score (nSPS) is 15.8. The van der Waals surface area contributed by atoms with Crippen LogP contribution in [0, 0.1) is 0 Å². The molecule has 2 aromatic rings. The van der Waals surface area contributed by atoms with E-state index in [1.54, 1.807) is 24.3 Å². The van der Waals surface area contributed by atoms with Gasteiger partial charge in [0.25, 0.3) is 0 Å². The first-order valence-corrected chi connectivity index (χ1v) is 11.0. The number of unbranched alkanes of at least 4 members (excludes halogenated alkanes) is 1. The molecule has 0 unspecified atom stereocenters. The van der Waals surface area contributed by atoms with E-state index in [0.717, 1.165) is 12.8 Å². The monoisotopic (exact) mass is 391 g/mol. The highest BCUT2D eigenvalue weighted by Crippen LogP contribution is 2.28. The summed E-state index contributed by atoms with van der Waals surface area (Å²) in [4.78, 5) is 14.0. The number of aromatic nitrogens is 2. The molecular weight excluding hydrogens is 366 g/mol. The number of likely N-dealkylation sites (tertiary alicyclic amines) is 1. The Hall–Kier alpha value is -2.22. The molecule has 1 aromatic carbocycles.